The van der Waals surface area contributed by atoms with Crippen LogP contribution >= 0.6 is 0 Å². The van der Waals surface area contributed by atoms with E-state index in [1.54, 1.807) is 6.20 Å². The molecule has 24 heavy (non-hydrogen) atoms. The van der Waals surface area contributed by atoms with E-state index in [0.29, 0.717) is 6.54 Å². The molecule has 3 aromatic rings. The maximum atomic E-state index is 12.1. The van der Waals surface area contributed by atoms with Crippen LogP contribution in [0.3, 0.4) is 0 Å². The van der Waals surface area contributed by atoms with Crippen LogP contribution in [-0.4, -0.2) is 16.1 Å². The molecule has 0 aliphatic heterocycles. The van der Waals surface area contributed by atoms with Gasteiger partial charge in [-0.3, -0.25) is 9.89 Å². The van der Waals surface area contributed by atoms with Crippen molar-refractivity contribution in [2.45, 2.75) is 6.54 Å². The number of H-pyrrole nitrogens is 1. The average Bonchev–Trinajstić information content (AvgIpc) is 3.09. The molecule has 0 fully saturated rings. The molecular weight excluding hydrogens is 302 g/mol. The average molecular weight is 317 g/mol. The lowest BCUT2D eigenvalue weighted by atomic mass is 10.2. The number of aromatic nitrogens is 2. The zero-order chi connectivity index (χ0) is 16.8. The molecule has 0 saturated carbocycles. The zero-order valence-electron chi connectivity index (χ0n) is 12.8. The number of nitrogens with zero attached hydrogens (tertiary/aromatic N) is 2. The standard InChI is InChI=1S/C18H15N5O/c19-9-15(18(24)21-10-13-4-2-1-3-5-13)11-20-16-7-6-14-12-22-23-17(14)8-16/h1-8,11-12,20H,10H2,(H,21,24)(H,22,23)/b15-11-. The van der Waals surface area contributed by atoms with E-state index in [1.165, 1.54) is 6.20 Å². The first-order valence-corrected chi connectivity index (χ1v) is 7.38. The highest BCUT2D eigenvalue weighted by Gasteiger charge is 2.08. The van der Waals surface area contributed by atoms with Crippen LogP contribution in [0.2, 0.25) is 0 Å². The molecule has 1 aromatic heterocycles. The van der Waals surface area contributed by atoms with Crippen LogP contribution in [-0.2, 0) is 11.3 Å². The highest BCUT2D eigenvalue weighted by molar-refractivity contribution is 5.97. The Morgan fingerprint density at radius 3 is 2.88 bits per heavy atom. The lowest BCUT2D eigenvalue weighted by Gasteiger charge is -2.05. The molecule has 0 bridgehead atoms. The molecule has 3 rings (SSSR count). The van der Waals surface area contributed by atoms with Gasteiger partial charge in [-0.1, -0.05) is 30.3 Å². The number of nitriles is 1. The predicted molar refractivity (Wildman–Crippen MR) is 91.7 cm³/mol. The first-order valence-electron chi connectivity index (χ1n) is 7.38. The van der Waals surface area contributed by atoms with Crippen LogP contribution in [0, 0.1) is 11.3 Å². The first kappa shape index (κ1) is 15.3. The predicted octanol–water partition coefficient (Wildman–Crippen LogP) is 2.70. The van der Waals surface area contributed by atoms with Crippen molar-refractivity contribution >= 4 is 22.5 Å². The molecule has 0 atom stereocenters. The molecule has 1 amide bonds. The fourth-order valence-corrected chi connectivity index (χ4v) is 2.20. The lowest BCUT2D eigenvalue weighted by molar-refractivity contribution is -0.117. The van der Waals surface area contributed by atoms with Crippen LogP contribution in [0.5, 0.6) is 0 Å². The van der Waals surface area contributed by atoms with Gasteiger partial charge in [-0.15, -0.1) is 0 Å². The minimum atomic E-state index is -0.420. The molecule has 3 N–H and O–H groups in total. The van der Waals surface area contributed by atoms with Crippen molar-refractivity contribution in [1.29, 1.82) is 5.26 Å². The number of anilines is 1. The second kappa shape index (κ2) is 7.11. The number of aromatic amines is 1. The molecule has 0 unspecified atom stereocenters. The van der Waals surface area contributed by atoms with E-state index in [0.717, 1.165) is 22.2 Å². The monoisotopic (exact) mass is 317 g/mol. The Bertz CT molecular complexity index is 921. The third-order valence-corrected chi connectivity index (χ3v) is 3.49. The van der Waals surface area contributed by atoms with E-state index in [9.17, 15) is 10.1 Å². The van der Waals surface area contributed by atoms with Crippen molar-refractivity contribution in [2.24, 2.45) is 0 Å². The van der Waals surface area contributed by atoms with Gasteiger partial charge in [0.15, 0.2) is 0 Å². The van der Waals surface area contributed by atoms with Crippen LogP contribution < -0.4 is 10.6 Å². The van der Waals surface area contributed by atoms with Gasteiger partial charge in [0.25, 0.3) is 5.91 Å². The second-order valence-electron chi connectivity index (χ2n) is 5.15. The van der Waals surface area contributed by atoms with Crippen molar-refractivity contribution in [2.75, 3.05) is 5.32 Å². The molecule has 0 saturated heterocycles. The topological polar surface area (TPSA) is 93.6 Å². The Kier molecular flexibility index (Phi) is 4.54. The van der Waals surface area contributed by atoms with Crippen molar-refractivity contribution in [1.82, 2.24) is 15.5 Å². The second-order valence-corrected chi connectivity index (χ2v) is 5.15. The summed E-state index contributed by atoms with van der Waals surface area (Å²) in [5.41, 5.74) is 2.62. The van der Waals surface area contributed by atoms with Crippen LogP contribution in [0.1, 0.15) is 5.56 Å². The Labute approximate surface area is 138 Å². The minimum Gasteiger partial charge on any atom is -0.360 e. The number of fused-ring (bicyclic) bond motifs is 1. The highest BCUT2D eigenvalue weighted by Crippen LogP contribution is 2.16. The number of amides is 1. The van der Waals surface area contributed by atoms with Gasteiger partial charge in [0.05, 0.1) is 11.7 Å². The van der Waals surface area contributed by atoms with Gasteiger partial charge in [-0.25, -0.2) is 0 Å². The molecule has 0 radical (unpaired) electrons. The summed E-state index contributed by atoms with van der Waals surface area (Å²) < 4.78 is 0. The quantitative estimate of drug-likeness (QED) is 0.498. The van der Waals surface area contributed by atoms with Gasteiger partial charge < -0.3 is 10.6 Å². The first-order chi connectivity index (χ1) is 11.8. The van der Waals surface area contributed by atoms with Gasteiger partial charge in [-0.05, 0) is 23.8 Å². The third kappa shape index (κ3) is 3.59. The SMILES string of the molecule is N#C/C(=C/Nc1ccc2cn[nH]c2c1)C(=O)NCc1ccccc1. The molecule has 0 aliphatic rings. The number of rotatable bonds is 5. The van der Waals surface area contributed by atoms with E-state index in [-0.39, 0.29) is 5.57 Å². The van der Waals surface area contributed by atoms with Gasteiger partial charge in [0.1, 0.15) is 11.6 Å². The molecule has 6 nitrogen and oxygen atoms in total. The minimum absolute atomic E-state index is 0.00985. The Balaban J connectivity index is 1.65. The van der Waals surface area contributed by atoms with Crippen LogP contribution in [0.15, 0.2) is 66.5 Å². The molecule has 118 valence electrons. The van der Waals surface area contributed by atoms with Gasteiger partial charge in [-0.2, -0.15) is 10.4 Å². The molecule has 0 spiro atoms. The molecule has 2 aromatic carbocycles. The summed E-state index contributed by atoms with van der Waals surface area (Å²) in [7, 11) is 0. The summed E-state index contributed by atoms with van der Waals surface area (Å²) in [5.74, 6) is -0.420. The van der Waals surface area contributed by atoms with Crippen LogP contribution in [0.25, 0.3) is 10.9 Å². The zero-order valence-corrected chi connectivity index (χ0v) is 12.8. The van der Waals surface area contributed by atoms with Crippen molar-refractivity contribution < 1.29 is 4.79 Å². The summed E-state index contributed by atoms with van der Waals surface area (Å²) in [4.78, 5) is 12.1. The number of hydrogen-bond donors (Lipinski definition) is 3. The number of carbonyl (C=O) groups excluding carboxylic acids is 1. The van der Waals surface area contributed by atoms with Gasteiger partial charge in [0.2, 0.25) is 0 Å². The number of benzene rings is 2. The maximum absolute atomic E-state index is 12.1. The highest BCUT2D eigenvalue weighted by atomic mass is 16.1. The normalized spacial score (nSPS) is 11.0. The van der Waals surface area contributed by atoms with E-state index in [4.69, 9.17) is 0 Å². The summed E-state index contributed by atoms with van der Waals surface area (Å²) in [6.45, 7) is 0.374. The molecule has 6 heteroatoms. The summed E-state index contributed by atoms with van der Waals surface area (Å²) in [5, 5.41) is 22.7. The lowest BCUT2D eigenvalue weighted by Crippen LogP contribution is -2.24. The van der Waals surface area contributed by atoms with Crippen molar-refractivity contribution in [3.05, 3.63) is 72.1 Å². The van der Waals surface area contributed by atoms with Gasteiger partial charge >= 0.3 is 0 Å². The fourth-order valence-electron chi connectivity index (χ4n) is 2.20. The number of carbonyl (C=O) groups is 1. The number of hydrogen-bond acceptors (Lipinski definition) is 4. The smallest absolute Gasteiger partial charge is 0.263 e. The van der Waals surface area contributed by atoms with Crippen molar-refractivity contribution in [3.8, 4) is 6.07 Å². The largest absolute Gasteiger partial charge is 0.360 e. The Hall–Kier alpha value is -3.59. The fraction of sp³-hybridized carbons (Fsp3) is 0.0556. The van der Waals surface area contributed by atoms with E-state index in [2.05, 4.69) is 20.8 Å². The third-order valence-electron chi connectivity index (χ3n) is 3.49. The van der Waals surface area contributed by atoms with E-state index < -0.39 is 5.91 Å². The Morgan fingerprint density at radius 1 is 1.25 bits per heavy atom. The van der Waals surface area contributed by atoms with Crippen molar-refractivity contribution in [3.63, 3.8) is 0 Å². The molecule has 0 aliphatic carbocycles. The summed E-state index contributed by atoms with van der Waals surface area (Å²) >= 11 is 0. The summed E-state index contributed by atoms with van der Waals surface area (Å²) in [6.07, 6.45) is 3.13. The van der Waals surface area contributed by atoms with E-state index in [1.807, 2.05) is 54.6 Å². The summed E-state index contributed by atoms with van der Waals surface area (Å²) in [6, 6.07) is 17.0. The maximum Gasteiger partial charge on any atom is 0.263 e. The Morgan fingerprint density at radius 2 is 2.08 bits per heavy atom. The van der Waals surface area contributed by atoms with Gasteiger partial charge in [0, 0.05) is 23.8 Å². The molecule has 1 heterocycles. The van der Waals surface area contributed by atoms with Crippen LogP contribution in [0.4, 0.5) is 5.69 Å². The molecular formula is C18H15N5O. The number of nitrogens with one attached hydrogen (secondary N) is 3. The van der Waals surface area contributed by atoms with E-state index >= 15 is 0 Å².